The van der Waals surface area contributed by atoms with Crippen molar-refractivity contribution in [1.82, 2.24) is 10.2 Å². The number of hydrogen-bond donors (Lipinski definition) is 1. The average molecular weight is 260 g/mol. The fourth-order valence-electron chi connectivity index (χ4n) is 3.82. The van der Waals surface area contributed by atoms with Crippen LogP contribution in [0.4, 0.5) is 0 Å². The molecule has 2 aliphatic carbocycles. The molecule has 4 rings (SSSR count). The molecule has 2 atom stereocenters. The van der Waals surface area contributed by atoms with E-state index in [1.54, 1.807) is 0 Å². The smallest absolute Gasteiger partial charge is 0.118 e. The summed E-state index contributed by atoms with van der Waals surface area (Å²) < 4.78 is 5.94. The molecule has 1 aliphatic heterocycles. The van der Waals surface area contributed by atoms with Gasteiger partial charge in [0.05, 0.1) is 13.1 Å². The fourth-order valence-corrected chi connectivity index (χ4v) is 3.82. The second-order valence-corrected chi connectivity index (χ2v) is 6.67. The summed E-state index contributed by atoms with van der Waals surface area (Å²) in [5, 5.41) is 3.50. The molecule has 0 radical (unpaired) electrons. The molecule has 2 unspecified atom stereocenters. The lowest BCUT2D eigenvalue weighted by Crippen LogP contribution is -2.20. The predicted octanol–water partition coefficient (Wildman–Crippen LogP) is 2.76. The number of fused-ring (bicyclic) bond motifs is 1. The van der Waals surface area contributed by atoms with Gasteiger partial charge in [0.25, 0.3) is 0 Å². The molecule has 0 bridgehead atoms. The minimum atomic E-state index is 0.756. The molecule has 0 spiro atoms. The van der Waals surface area contributed by atoms with Gasteiger partial charge in [0.2, 0.25) is 0 Å². The zero-order valence-corrected chi connectivity index (χ0v) is 11.6. The lowest BCUT2D eigenvalue weighted by atomic mass is 10.0. The van der Waals surface area contributed by atoms with E-state index in [2.05, 4.69) is 22.3 Å². The van der Waals surface area contributed by atoms with E-state index >= 15 is 0 Å². The molecule has 1 aromatic heterocycles. The van der Waals surface area contributed by atoms with Gasteiger partial charge in [-0.15, -0.1) is 0 Å². The highest BCUT2D eigenvalue weighted by Crippen LogP contribution is 2.38. The van der Waals surface area contributed by atoms with Crippen LogP contribution in [0.2, 0.25) is 0 Å². The van der Waals surface area contributed by atoms with Gasteiger partial charge in [-0.3, -0.25) is 4.90 Å². The van der Waals surface area contributed by atoms with E-state index < -0.39 is 0 Å². The van der Waals surface area contributed by atoms with Crippen LogP contribution in [0.25, 0.3) is 0 Å². The monoisotopic (exact) mass is 260 g/mol. The Morgan fingerprint density at radius 1 is 1.05 bits per heavy atom. The van der Waals surface area contributed by atoms with Crippen LogP contribution in [0.5, 0.6) is 0 Å². The first kappa shape index (κ1) is 12.0. The summed E-state index contributed by atoms with van der Waals surface area (Å²) in [5.74, 6) is 4.20. The number of furan rings is 1. The summed E-state index contributed by atoms with van der Waals surface area (Å²) in [5.41, 5.74) is 0. The van der Waals surface area contributed by atoms with Crippen LogP contribution in [-0.2, 0) is 13.1 Å². The zero-order valence-electron chi connectivity index (χ0n) is 11.6. The molecule has 3 nitrogen and oxygen atoms in total. The maximum atomic E-state index is 5.94. The molecule has 2 saturated carbocycles. The summed E-state index contributed by atoms with van der Waals surface area (Å²) in [4.78, 5) is 2.59. The van der Waals surface area contributed by atoms with Crippen molar-refractivity contribution >= 4 is 0 Å². The number of nitrogens with zero attached hydrogens (tertiary/aromatic N) is 1. The minimum Gasteiger partial charge on any atom is -0.463 e. The van der Waals surface area contributed by atoms with Crippen LogP contribution in [0.3, 0.4) is 0 Å². The number of rotatable bonds is 5. The molecule has 2 heterocycles. The van der Waals surface area contributed by atoms with Crippen LogP contribution in [-0.4, -0.2) is 24.0 Å². The fraction of sp³-hybridized carbons (Fsp3) is 0.750. The van der Waals surface area contributed by atoms with Gasteiger partial charge in [0.15, 0.2) is 0 Å². The van der Waals surface area contributed by atoms with E-state index in [1.807, 2.05) is 0 Å². The van der Waals surface area contributed by atoms with Crippen molar-refractivity contribution in [2.24, 2.45) is 11.8 Å². The van der Waals surface area contributed by atoms with Gasteiger partial charge in [0.1, 0.15) is 11.5 Å². The molecule has 3 fully saturated rings. The van der Waals surface area contributed by atoms with Crippen LogP contribution in [0, 0.1) is 11.8 Å². The van der Waals surface area contributed by atoms with Crippen molar-refractivity contribution < 1.29 is 4.42 Å². The third-order valence-electron chi connectivity index (χ3n) is 5.04. The Bertz CT molecular complexity index is 426. The van der Waals surface area contributed by atoms with Gasteiger partial charge in [0, 0.05) is 19.1 Å². The van der Waals surface area contributed by atoms with Crippen LogP contribution in [0.15, 0.2) is 16.5 Å². The molecular weight excluding hydrogens is 236 g/mol. The first-order valence-corrected chi connectivity index (χ1v) is 7.90. The highest BCUT2D eigenvalue weighted by atomic mass is 16.3. The summed E-state index contributed by atoms with van der Waals surface area (Å²) in [6, 6.07) is 5.06. The highest BCUT2D eigenvalue weighted by Gasteiger charge is 2.36. The van der Waals surface area contributed by atoms with E-state index in [0.717, 1.165) is 42.5 Å². The first-order chi connectivity index (χ1) is 9.37. The van der Waals surface area contributed by atoms with Crippen LogP contribution in [0.1, 0.15) is 43.6 Å². The minimum absolute atomic E-state index is 0.756. The second kappa shape index (κ2) is 4.95. The lowest BCUT2D eigenvalue weighted by molar-refractivity contribution is 0.271. The Hall–Kier alpha value is -0.800. The third-order valence-corrected chi connectivity index (χ3v) is 5.04. The molecule has 0 amide bonds. The van der Waals surface area contributed by atoms with Gasteiger partial charge in [-0.2, -0.15) is 0 Å². The molecule has 1 aromatic rings. The Kier molecular flexibility index (Phi) is 3.12. The Labute approximate surface area is 115 Å². The molecule has 104 valence electrons. The van der Waals surface area contributed by atoms with Crippen molar-refractivity contribution in [3.8, 4) is 0 Å². The number of nitrogens with one attached hydrogen (secondary N) is 1. The van der Waals surface area contributed by atoms with E-state index in [4.69, 9.17) is 4.42 Å². The number of hydrogen-bond acceptors (Lipinski definition) is 3. The van der Waals surface area contributed by atoms with E-state index in [0.29, 0.717) is 0 Å². The standard InChI is InChI=1S/C16H24N2O/c1-2-12-9-18(10-13(12)3-1)11-16-7-6-15(19-16)8-17-14-4-5-14/h6-7,12-14,17H,1-5,8-11H2. The van der Waals surface area contributed by atoms with Crippen molar-refractivity contribution in [1.29, 1.82) is 0 Å². The van der Waals surface area contributed by atoms with Crippen molar-refractivity contribution in [2.45, 2.75) is 51.2 Å². The van der Waals surface area contributed by atoms with E-state index in [9.17, 15) is 0 Å². The molecule has 3 aliphatic rings. The van der Waals surface area contributed by atoms with Gasteiger partial charge >= 0.3 is 0 Å². The van der Waals surface area contributed by atoms with Gasteiger partial charge in [-0.05, 0) is 49.7 Å². The summed E-state index contributed by atoms with van der Waals surface area (Å²) in [6.45, 7) is 4.49. The first-order valence-electron chi connectivity index (χ1n) is 7.90. The van der Waals surface area contributed by atoms with Crippen LogP contribution >= 0.6 is 0 Å². The molecule has 0 aromatic carbocycles. The largest absolute Gasteiger partial charge is 0.463 e. The van der Waals surface area contributed by atoms with Gasteiger partial charge < -0.3 is 9.73 Å². The Morgan fingerprint density at radius 2 is 1.79 bits per heavy atom. The summed E-state index contributed by atoms with van der Waals surface area (Å²) >= 11 is 0. The normalized spacial score (nSPS) is 30.9. The quantitative estimate of drug-likeness (QED) is 0.882. The van der Waals surface area contributed by atoms with Gasteiger partial charge in [-0.25, -0.2) is 0 Å². The Balaban J connectivity index is 1.30. The average Bonchev–Trinajstić information content (AvgIpc) is 2.79. The third kappa shape index (κ3) is 2.72. The maximum Gasteiger partial charge on any atom is 0.118 e. The summed E-state index contributed by atoms with van der Waals surface area (Å²) in [7, 11) is 0. The van der Waals surface area contributed by atoms with E-state index in [-0.39, 0.29) is 0 Å². The van der Waals surface area contributed by atoms with Gasteiger partial charge in [-0.1, -0.05) is 6.42 Å². The molecule has 19 heavy (non-hydrogen) atoms. The topological polar surface area (TPSA) is 28.4 Å². The van der Waals surface area contributed by atoms with Crippen molar-refractivity contribution in [2.75, 3.05) is 13.1 Å². The maximum absolute atomic E-state index is 5.94. The lowest BCUT2D eigenvalue weighted by Gasteiger charge is -2.14. The second-order valence-electron chi connectivity index (χ2n) is 6.67. The highest BCUT2D eigenvalue weighted by molar-refractivity contribution is 5.08. The van der Waals surface area contributed by atoms with Crippen LogP contribution < -0.4 is 5.32 Å². The SMILES string of the molecule is c1cc(CN2CC3CCCC3C2)oc1CNC1CC1. The molecular formula is C16H24N2O. The predicted molar refractivity (Wildman–Crippen MR) is 74.7 cm³/mol. The number of likely N-dealkylation sites (tertiary alicyclic amines) is 1. The zero-order chi connectivity index (χ0) is 12.7. The van der Waals surface area contributed by atoms with Crippen molar-refractivity contribution in [3.05, 3.63) is 23.7 Å². The van der Waals surface area contributed by atoms with Crippen molar-refractivity contribution in [3.63, 3.8) is 0 Å². The van der Waals surface area contributed by atoms with E-state index in [1.165, 1.54) is 45.2 Å². The Morgan fingerprint density at radius 3 is 2.53 bits per heavy atom. The molecule has 1 N–H and O–H groups in total. The molecule has 3 heteroatoms. The molecule has 1 saturated heterocycles. The summed E-state index contributed by atoms with van der Waals surface area (Å²) in [6.07, 6.45) is 7.04.